The first-order valence-corrected chi connectivity index (χ1v) is 7.24. The summed E-state index contributed by atoms with van der Waals surface area (Å²) >= 11 is 0. The molecule has 0 aliphatic carbocycles. The van der Waals surface area contributed by atoms with Gasteiger partial charge in [-0.15, -0.1) is 0 Å². The lowest BCUT2D eigenvalue weighted by atomic mass is 10.3. The van der Waals surface area contributed by atoms with E-state index in [2.05, 4.69) is 11.3 Å². The van der Waals surface area contributed by atoms with Gasteiger partial charge in [0.2, 0.25) is 0 Å². The molecule has 2 N–H and O–H groups in total. The Kier molecular flexibility index (Phi) is 4.96. The molecule has 0 spiro atoms. The van der Waals surface area contributed by atoms with Crippen LogP contribution in [0.15, 0.2) is 33.5 Å². The average molecular weight is 255 g/mol. The molecule has 0 aliphatic heterocycles. The maximum Gasteiger partial charge on any atom is 0.139 e. The second kappa shape index (κ2) is 6.02. The molecule has 1 rings (SSSR count). The van der Waals surface area contributed by atoms with E-state index >= 15 is 0 Å². The Morgan fingerprint density at radius 1 is 1.41 bits per heavy atom. The zero-order valence-corrected chi connectivity index (χ0v) is 11.5. The van der Waals surface area contributed by atoms with Crippen LogP contribution in [-0.4, -0.2) is 29.2 Å². The molecule has 1 unspecified atom stereocenters. The standard InChI is InChI=1S/C12H21N3OS/c1-4-5-9-14-17(16,15(2)3)12-8-6-7-11(13)10-12/h6-8,10H,4-5,9,13H2,1-3H3. The van der Waals surface area contributed by atoms with Gasteiger partial charge < -0.3 is 5.73 Å². The zero-order valence-electron chi connectivity index (χ0n) is 10.7. The number of benzene rings is 1. The van der Waals surface area contributed by atoms with E-state index in [9.17, 15) is 4.21 Å². The third kappa shape index (κ3) is 3.44. The highest BCUT2D eigenvalue weighted by Gasteiger charge is 2.15. The predicted molar refractivity (Wildman–Crippen MR) is 73.2 cm³/mol. The van der Waals surface area contributed by atoms with Crippen molar-refractivity contribution in [2.24, 2.45) is 4.36 Å². The van der Waals surface area contributed by atoms with E-state index in [-0.39, 0.29) is 0 Å². The molecule has 0 amide bonds. The first kappa shape index (κ1) is 14.0. The number of hydrogen-bond donors (Lipinski definition) is 1. The molecule has 1 atom stereocenters. The van der Waals surface area contributed by atoms with Gasteiger partial charge in [-0.1, -0.05) is 19.4 Å². The number of hydrogen-bond acceptors (Lipinski definition) is 3. The van der Waals surface area contributed by atoms with Gasteiger partial charge in [-0.3, -0.25) is 0 Å². The monoisotopic (exact) mass is 255 g/mol. The van der Waals surface area contributed by atoms with Crippen molar-refractivity contribution in [3.05, 3.63) is 24.3 Å². The lowest BCUT2D eigenvalue weighted by Gasteiger charge is -2.17. The van der Waals surface area contributed by atoms with E-state index in [0.29, 0.717) is 17.1 Å². The summed E-state index contributed by atoms with van der Waals surface area (Å²) in [6, 6.07) is 7.14. The van der Waals surface area contributed by atoms with Crippen molar-refractivity contribution in [2.45, 2.75) is 24.7 Å². The van der Waals surface area contributed by atoms with Crippen molar-refractivity contribution in [1.29, 1.82) is 0 Å². The fourth-order valence-electron chi connectivity index (χ4n) is 1.43. The average Bonchev–Trinajstić information content (AvgIpc) is 2.29. The van der Waals surface area contributed by atoms with Gasteiger partial charge >= 0.3 is 0 Å². The molecule has 17 heavy (non-hydrogen) atoms. The van der Waals surface area contributed by atoms with Crippen molar-refractivity contribution in [3.63, 3.8) is 0 Å². The van der Waals surface area contributed by atoms with E-state index in [0.717, 1.165) is 12.8 Å². The van der Waals surface area contributed by atoms with Crippen LogP contribution in [0.2, 0.25) is 0 Å². The minimum atomic E-state index is -2.50. The van der Waals surface area contributed by atoms with Crippen LogP contribution in [0.1, 0.15) is 19.8 Å². The van der Waals surface area contributed by atoms with Gasteiger partial charge in [0.05, 0.1) is 4.90 Å². The molecule has 0 heterocycles. The van der Waals surface area contributed by atoms with E-state index in [4.69, 9.17) is 5.73 Å². The quantitative estimate of drug-likeness (QED) is 0.648. The van der Waals surface area contributed by atoms with Gasteiger partial charge in [0, 0.05) is 26.3 Å². The zero-order chi connectivity index (χ0) is 12.9. The Morgan fingerprint density at radius 2 is 2.12 bits per heavy atom. The lowest BCUT2D eigenvalue weighted by molar-refractivity contribution is 0.588. The summed E-state index contributed by atoms with van der Waals surface area (Å²) < 4.78 is 18.8. The van der Waals surface area contributed by atoms with E-state index < -0.39 is 9.92 Å². The number of rotatable bonds is 5. The second-order valence-corrected chi connectivity index (χ2v) is 6.54. The molecule has 0 aliphatic rings. The molecule has 0 fully saturated rings. The fraction of sp³-hybridized carbons (Fsp3) is 0.500. The van der Waals surface area contributed by atoms with E-state index in [1.165, 1.54) is 0 Å². The summed E-state index contributed by atoms with van der Waals surface area (Å²) in [6.07, 6.45) is 2.00. The molecule has 0 radical (unpaired) electrons. The highest BCUT2D eigenvalue weighted by atomic mass is 32.2. The molecule has 96 valence electrons. The first-order chi connectivity index (χ1) is 8.00. The molecule has 0 saturated carbocycles. The lowest BCUT2D eigenvalue weighted by Crippen LogP contribution is -2.22. The Balaban J connectivity index is 3.17. The molecular weight excluding hydrogens is 234 g/mol. The van der Waals surface area contributed by atoms with E-state index in [1.807, 2.05) is 12.1 Å². The third-order valence-electron chi connectivity index (χ3n) is 2.44. The largest absolute Gasteiger partial charge is 0.399 e. The molecule has 1 aromatic carbocycles. The van der Waals surface area contributed by atoms with Crippen molar-refractivity contribution in [3.8, 4) is 0 Å². The molecule has 5 heteroatoms. The van der Waals surface area contributed by atoms with Crippen LogP contribution in [0.3, 0.4) is 0 Å². The SMILES string of the molecule is CCCCN=S(=O)(c1cccc(N)c1)N(C)C. The molecule has 1 aromatic rings. The number of nitrogens with zero attached hydrogens (tertiary/aromatic N) is 2. The van der Waals surface area contributed by atoms with E-state index in [1.54, 1.807) is 30.5 Å². The Labute approximate surface area is 104 Å². The maximum atomic E-state index is 12.8. The summed E-state index contributed by atoms with van der Waals surface area (Å²) in [6.45, 7) is 2.70. The van der Waals surface area contributed by atoms with Gasteiger partial charge in [-0.2, -0.15) is 0 Å². The van der Waals surface area contributed by atoms with Crippen molar-refractivity contribution >= 4 is 15.6 Å². The number of nitrogens with two attached hydrogens (primary N) is 1. The topological polar surface area (TPSA) is 58.7 Å². The van der Waals surface area contributed by atoms with Crippen LogP contribution in [0.5, 0.6) is 0 Å². The summed E-state index contributed by atoms with van der Waals surface area (Å²) in [4.78, 5) is 0.679. The summed E-state index contributed by atoms with van der Waals surface area (Å²) in [5, 5.41) is 0. The first-order valence-electron chi connectivity index (χ1n) is 5.76. The molecular formula is C12H21N3OS. The van der Waals surface area contributed by atoms with Crippen LogP contribution in [0.25, 0.3) is 0 Å². The third-order valence-corrected chi connectivity index (χ3v) is 4.83. The molecule has 0 aromatic heterocycles. The summed E-state index contributed by atoms with van der Waals surface area (Å²) in [5.41, 5.74) is 6.34. The molecule has 0 bridgehead atoms. The van der Waals surface area contributed by atoms with Gasteiger partial charge in [0.15, 0.2) is 0 Å². The van der Waals surface area contributed by atoms with Crippen molar-refractivity contribution in [1.82, 2.24) is 4.31 Å². The molecule has 4 nitrogen and oxygen atoms in total. The minimum Gasteiger partial charge on any atom is -0.399 e. The summed E-state index contributed by atoms with van der Waals surface area (Å²) in [7, 11) is 1.06. The Hall–Kier alpha value is -1.07. The number of nitrogen functional groups attached to an aromatic ring is 1. The van der Waals surface area contributed by atoms with Crippen molar-refractivity contribution in [2.75, 3.05) is 26.4 Å². The second-order valence-electron chi connectivity index (χ2n) is 4.09. The van der Waals surface area contributed by atoms with Crippen LogP contribution in [0, 0.1) is 0 Å². The maximum absolute atomic E-state index is 12.8. The van der Waals surface area contributed by atoms with Gasteiger partial charge in [-0.25, -0.2) is 12.9 Å². The van der Waals surface area contributed by atoms with Gasteiger partial charge in [0.1, 0.15) is 9.92 Å². The fourth-order valence-corrected chi connectivity index (χ4v) is 3.15. The van der Waals surface area contributed by atoms with Gasteiger partial charge in [-0.05, 0) is 24.6 Å². The van der Waals surface area contributed by atoms with Crippen LogP contribution < -0.4 is 5.73 Å². The predicted octanol–water partition coefficient (Wildman–Crippen LogP) is 2.37. The number of unbranched alkanes of at least 4 members (excludes halogenated alkanes) is 1. The Bertz CT molecular complexity index is 476. The minimum absolute atomic E-state index is 0.613. The van der Waals surface area contributed by atoms with Crippen molar-refractivity contribution < 1.29 is 4.21 Å². The van der Waals surface area contributed by atoms with Crippen LogP contribution in [-0.2, 0) is 9.92 Å². The number of anilines is 1. The van der Waals surface area contributed by atoms with Crippen LogP contribution in [0.4, 0.5) is 5.69 Å². The summed E-state index contributed by atoms with van der Waals surface area (Å²) in [5.74, 6) is 0. The Morgan fingerprint density at radius 3 is 2.65 bits per heavy atom. The highest BCUT2D eigenvalue weighted by Crippen LogP contribution is 2.18. The van der Waals surface area contributed by atoms with Crippen LogP contribution >= 0.6 is 0 Å². The smallest absolute Gasteiger partial charge is 0.139 e. The normalized spacial score (nSPS) is 14.6. The molecule has 0 saturated heterocycles. The highest BCUT2D eigenvalue weighted by molar-refractivity contribution is 7.91. The van der Waals surface area contributed by atoms with Gasteiger partial charge in [0.25, 0.3) is 0 Å².